The van der Waals surface area contributed by atoms with E-state index in [9.17, 15) is 8.42 Å². The van der Waals surface area contributed by atoms with Gasteiger partial charge in [0, 0.05) is 17.7 Å². The summed E-state index contributed by atoms with van der Waals surface area (Å²) in [7, 11) is -3.01. The minimum absolute atomic E-state index is 0.0521. The van der Waals surface area contributed by atoms with Crippen LogP contribution in [0.25, 0.3) is 0 Å². The van der Waals surface area contributed by atoms with Crippen LogP contribution in [0.5, 0.6) is 0 Å². The zero-order valence-corrected chi connectivity index (χ0v) is 13.8. The molecule has 0 amide bonds. The molecule has 110 valence electrons. The molecular formula is C13H24N2O2S2. The van der Waals surface area contributed by atoms with E-state index in [2.05, 4.69) is 31.1 Å². The van der Waals surface area contributed by atoms with Gasteiger partial charge < -0.3 is 5.32 Å². The molecule has 0 aromatic carbocycles. The molecule has 0 aliphatic carbocycles. The van der Waals surface area contributed by atoms with Crippen molar-refractivity contribution in [2.45, 2.75) is 45.9 Å². The minimum atomic E-state index is -3.01. The molecule has 0 aliphatic rings. The minimum Gasteiger partial charge on any atom is -0.312 e. The number of sulfone groups is 1. The lowest BCUT2D eigenvalue weighted by Gasteiger charge is -2.05. The van der Waals surface area contributed by atoms with Crippen LogP contribution in [0.4, 0.5) is 0 Å². The average Bonchev–Trinajstić information content (AvgIpc) is 2.57. The van der Waals surface area contributed by atoms with Crippen molar-refractivity contribution in [3.63, 3.8) is 0 Å². The first-order valence-corrected chi connectivity index (χ1v) is 9.55. The number of rotatable bonds is 8. The van der Waals surface area contributed by atoms with E-state index in [4.69, 9.17) is 0 Å². The Kier molecular flexibility index (Phi) is 6.42. The normalized spacial score (nSPS) is 12.3. The summed E-state index contributed by atoms with van der Waals surface area (Å²) in [6.07, 6.45) is 3.25. The number of nitrogens with zero attached hydrogens (tertiary/aromatic N) is 1. The van der Waals surface area contributed by atoms with Crippen molar-refractivity contribution in [1.82, 2.24) is 10.3 Å². The molecule has 0 bridgehead atoms. The lowest BCUT2D eigenvalue weighted by Crippen LogP contribution is -2.14. The highest BCUT2D eigenvalue weighted by Gasteiger charge is 2.15. The molecule has 1 aromatic heterocycles. The Morgan fingerprint density at radius 1 is 1.37 bits per heavy atom. The summed E-state index contributed by atoms with van der Waals surface area (Å²) in [5, 5.41) is 4.08. The van der Waals surface area contributed by atoms with E-state index >= 15 is 0 Å². The Morgan fingerprint density at radius 2 is 2.05 bits per heavy atom. The predicted octanol–water partition coefficient (Wildman–Crippen LogP) is 2.39. The second kappa shape index (κ2) is 7.36. The molecule has 0 radical (unpaired) electrons. The van der Waals surface area contributed by atoms with E-state index in [1.54, 1.807) is 0 Å². The van der Waals surface area contributed by atoms with E-state index in [0.717, 1.165) is 31.6 Å². The van der Waals surface area contributed by atoms with Gasteiger partial charge in [-0.2, -0.15) is 0 Å². The third kappa shape index (κ3) is 6.49. The number of hydrogen-bond acceptors (Lipinski definition) is 5. The molecule has 0 spiro atoms. The number of nitrogens with one attached hydrogen (secondary N) is 1. The van der Waals surface area contributed by atoms with Crippen molar-refractivity contribution < 1.29 is 8.42 Å². The summed E-state index contributed by atoms with van der Waals surface area (Å²) in [5.41, 5.74) is 1.06. The second-order valence-corrected chi connectivity index (χ2v) is 8.63. The Morgan fingerprint density at radius 3 is 2.58 bits per heavy atom. The van der Waals surface area contributed by atoms with Crippen molar-refractivity contribution in [3.05, 3.63) is 15.6 Å². The summed E-state index contributed by atoms with van der Waals surface area (Å²) in [5.74, 6) is 0.578. The highest BCUT2D eigenvalue weighted by molar-refractivity contribution is 7.90. The van der Waals surface area contributed by atoms with Gasteiger partial charge in [0.1, 0.15) is 10.8 Å². The number of hydrogen-bond donors (Lipinski definition) is 1. The Bertz CT molecular complexity index is 493. The molecule has 0 saturated carbocycles. The van der Waals surface area contributed by atoms with Gasteiger partial charge in [-0.15, -0.1) is 11.3 Å². The molecule has 0 saturated heterocycles. The Labute approximate surface area is 120 Å². The molecule has 19 heavy (non-hydrogen) atoms. The summed E-state index contributed by atoms with van der Waals surface area (Å²) in [6.45, 7) is 8.19. The van der Waals surface area contributed by atoms with Gasteiger partial charge in [0.05, 0.1) is 5.69 Å². The molecule has 1 rings (SSSR count). The zero-order chi connectivity index (χ0) is 14.5. The van der Waals surface area contributed by atoms with Crippen molar-refractivity contribution in [1.29, 1.82) is 0 Å². The van der Waals surface area contributed by atoms with Crippen LogP contribution >= 0.6 is 11.3 Å². The monoisotopic (exact) mass is 304 g/mol. The predicted molar refractivity (Wildman–Crippen MR) is 81.2 cm³/mol. The van der Waals surface area contributed by atoms with E-state index < -0.39 is 9.84 Å². The van der Waals surface area contributed by atoms with Gasteiger partial charge >= 0.3 is 0 Å². The van der Waals surface area contributed by atoms with Crippen LogP contribution in [0.3, 0.4) is 0 Å². The van der Waals surface area contributed by atoms with E-state index in [1.165, 1.54) is 22.5 Å². The Balaban J connectivity index is 2.85. The fourth-order valence-electron chi connectivity index (χ4n) is 1.79. The molecule has 1 N–H and O–H groups in total. The number of thiazole rings is 1. The SMILES string of the molecule is CCCNCc1sc(CS(C)(=O)=O)nc1CC(C)C. The Hall–Kier alpha value is -0.460. The molecule has 0 atom stereocenters. The van der Waals surface area contributed by atoms with Crippen LogP contribution in [0.2, 0.25) is 0 Å². The van der Waals surface area contributed by atoms with Crippen LogP contribution in [0.1, 0.15) is 42.8 Å². The van der Waals surface area contributed by atoms with Gasteiger partial charge in [0.25, 0.3) is 0 Å². The van der Waals surface area contributed by atoms with Crippen LogP contribution < -0.4 is 5.32 Å². The average molecular weight is 304 g/mol. The van der Waals surface area contributed by atoms with Crippen LogP contribution in [0, 0.1) is 5.92 Å². The van der Waals surface area contributed by atoms with Gasteiger partial charge in [-0.3, -0.25) is 0 Å². The standard InChI is InChI=1S/C13H24N2O2S2/c1-5-6-14-8-12-11(7-10(2)3)15-13(18-12)9-19(4,16)17/h10,14H,5-9H2,1-4H3. The van der Waals surface area contributed by atoms with Crippen LogP contribution in [-0.4, -0.2) is 26.2 Å². The van der Waals surface area contributed by atoms with E-state index in [-0.39, 0.29) is 5.75 Å². The van der Waals surface area contributed by atoms with E-state index in [0.29, 0.717) is 10.9 Å². The fourth-order valence-corrected chi connectivity index (χ4v) is 4.04. The van der Waals surface area contributed by atoms with Crippen molar-refractivity contribution >= 4 is 21.2 Å². The van der Waals surface area contributed by atoms with Crippen molar-refractivity contribution in [2.75, 3.05) is 12.8 Å². The maximum absolute atomic E-state index is 11.4. The summed E-state index contributed by atoms with van der Waals surface area (Å²) in [6, 6.07) is 0. The lowest BCUT2D eigenvalue weighted by atomic mass is 10.1. The molecule has 4 nitrogen and oxygen atoms in total. The fraction of sp³-hybridized carbons (Fsp3) is 0.769. The highest BCUT2D eigenvalue weighted by Crippen LogP contribution is 2.22. The largest absolute Gasteiger partial charge is 0.312 e. The lowest BCUT2D eigenvalue weighted by molar-refractivity contribution is 0.600. The van der Waals surface area contributed by atoms with E-state index in [1.807, 2.05) is 0 Å². The maximum atomic E-state index is 11.4. The summed E-state index contributed by atoms with van der Waals surface area (Å²) < 4.78 is 22.7. The van der Waals surface area contributed by atoms with Gasteiger partial charge in [0.2, 0.25) is 0 Å². The topological polar surface area (TPSA) is 59.1 Å². The van der Waals surface area contributed by atoms with Gasteiger partial charge in [-0.1, -0.05) is 20.8 Å². The summed E-state index contributed by atoms with van der Waals surface area (Å²) >= 11 is 1.53. The third-order valence-corrected chi connectivity index (χ3v) is 4.60. The third-order valence-electron chi connectivity index (χ3n) is 2.52. The van der Waals surface area contributed by atoms with Gasteiger partial charge in [-0.05, 0) is 25.3 Å². The van der Waals surface area contributed by atoms with Crippen LogP contribution in [0.15, 0.2) is 0 Å². The summed E-state index contributed by atoms with van der Waals surface area (Å²) in [4.78, 5) is 5.70. The maximum Gasteiger partial charge on any atom is 0.153 e. The van der Waals surface area contributed by atoms with Crippen molar-refractivity contribution in [3.8, 4) is 0 Å². The second-order valence-electron chi connectivity index (χ2n) is 5.32. The van der Waals surface area contributed by atoms with Crippen LogP contribution in [-0.2, 0) is 28.6 Å². The molecule has 0 unspecified atom stereocenters. The first-order valence-electron chi connectivity index (χ1n) is 6.67. The molecule has 0 fully saturated rings. The van der Waals surface area contributed by atoms with Gasteiger partial charge in [-0.25, -0.2) is 13.4 Å². The number of aromatic nitrogens is 1. The molecule has 1 heterocycles. The molecular weight excluding hydrogens is 280 g/mol. The molecule has 1 aromatic rings. The first-order chi connectivity index (χ1) is 8.81. The smallest absolute Gasteiger partial charge is 0.153 e. The molecule has 0 aliphatic heterocycles. The van der Waals surface area contributed by atoms with Gasteiger partial charge in [0.15, 0.2) is 9.84 Å². The quantitative estimate of drug-likeness (QED) is 0.749. The zero-order valence-electron chi connectivity index (χ0n) is 12.2. The highest BCUT2D eigenvalue weighted by atomic mass is 32.2. The molecule has 6 heteroatoms. The van der Waals surface area contributed by atoms with Crippen molar-refractivity contribution in [2.24, 2.45) is 5.92 Å². The first kappa shape index (κ1) is 16.6.